The first kappa shape index (κ1) is 18.1. The number of aliphatic hydroxyl groups excluding tert-OH is 1. The van der Waals surface area contributed by atoms with Crippen LogP contribution >= 0.6 is 0 Å². The van der Waals surface area contributed by atoms with Crippen molar-refractivity contribution in [3.63, 3.8) is 0 Å². The average Bonchev–Trinajstić information content (AvgIpc) is 3.29. The maximum atomic E-state index is 12.6. The van der Waals surface area contributed by atoms with Crippen LogP contribution in [-0.4, -0.2) is 62.4 Å². The molecular formula is C19H25N5O3. The summed E-state index contributed by atoms with van der Waals surface area (Å²) in [4.78, 5) is 14.5. The zero-order chi connectivity index (χ0) is 18.9. The topological polar surface area (TPSA) is 93.4 Å². The molecule has 1 fully saturated rings. The van der Waals surface area contributed by atoms with Gasteiger partial charge < -0.3 is 14.7 Å². The molecule has 2 heterocycles. The first-order chi connectivity index (χ1) is 13.2. The summed E-state index contributed by atoms with van der Waals surface area (Å²) in [5, 5.41) is 22.0. The average molecular weight is 371 g/mol. The van der Waals surface area contributed by atoms with Crippen LogP contribution in [0.2, 0.25) is 0 Å². The molecule has 1 saturated heterocycles. The Hall–Kier alpha value is -2.32. The molecule has 2 atom stereocenters. The van der Waals surface area contributed by atoms with Crippen LogP contribution in [0.15, 0.2) is 30.6 Å². The van der Waals surface area contributed by atoms with E-state index in [1.807, 2.05) is 23.1 Å². The number of tetrazole rings is 1. The Bertz CT molecular complexity index is 786. The molecule has 2 aliphatic rings. The van der Waals surface area contributed by atoms with Gasteiger partial charge in [0.2, 0.25) is 5.91 Å². The Kier molecular flexibility index (Phi) is 4.92. The van der Waals surface area contributed by atoms with E-state index in [1.165, 1.54) is 5.56 Å². The molecule has 27 heavy (non-hydrogen) atoms. The number of hydrogen-bond donors (Lipinski definition) is 1. The molecule has 0 radical (unpaired) electrons. The third-order valence-corrected chi connectivity index (χ3v) is 6.09. The van der Waals surface area contributed by atoms with Gasteiger partial charge in [0.15, 0.2) is 0 Å². The fourth-order valence-corrected chi connectivity index (χ4v) is 4.63. The summed E-state index contributed by atoms with van der Waals surface area (Å²) in [6, 6.07) is 8.14. The van der Waals surface area contributed by atoms with Crippen LogP contribution in [0.3, 0.4) is 0 Å². The molecule has 8 nitrogen and oxygen atoms in total. The molecule has 1 amide bonds. The van der Waals surface area contributed by atoms with Crippen molar-refractivity contribution in [2.24, 2.45) is 0 Å². The lowest BCUT2D eigenvalue weighted by Gasteiger charge is -2.42. The van der Waals surface area contributed by atoms with Gasteiger partial charge in [0.05, 0.1) is 6.10 Å². The summed E-state index contributed by atoms with van der Waals surface area (Å²) in [6.07, 6.45) is 3.39. The standard InChI is InChI=1S/C19H25N5O3/c1-27-17-14-5-2-3-6-15(14)19(18(17)26)8-11-23(12-9-19)16(25)7-4-10-24-13-20-21-22-24/h2-3,5-6,13,17-18,26H,4,7-12H2,1H3/t17-,18+/m1/s1. The quantitative estimate of drug-likeness (QED) is 0.845. The summed E-state index contributed by atoms with van der Waals surface area (Å²) in [6.45, 7) is 1.95. The molecule has 1 spiro atoms. The number of piperidine rings is 1. The van der Waals surface area contributed by atoms with Gasteiger partial charge in [0, 0.05) is 38.6 Å². The zero-order valence-electron chi connectivity index (χ0n) is 15.5. The van der Waals surface area contributed by atoms with E-state index in [4.69, 9.17) is 4.74 Å². The van der Waals surface area contributed by atoms with E-state index in [0.717, 1.165) is 18.4 Å². The normalized spacial score (nSPS) is 23.6. The molecule has 4 rings (SSSR count). The van der Waals surface area contributed by atoms with Gasteiger partial charge >= 0.3 is 0 Å². The number of nitrogens with zero attached hydrogens (tertiary/aromatic N) is 5. The second kappa shape index (κ2) is 7.36. The van der Waals surface area contributed by atoms with Gasteiger partial charge in [-0.25, -0.2) is 4.68 Å². The summed E-state index contributed by atoms with van der Waals surface area (Å²) in [5.74, 6) is 0.155. The highest BCUT2D eigenvalue weighted by molar-refractivity contribution is 5.76. The van der Waals surface area contributed by atoms with Crippen molar-refractivity contribution in [3.8, 4) is 0 Å². The highest BCUT2D eigenvalue weighted by Gasteiger charge is 2.53. The summed E-state index contributed by atoms with van der Waals surface area (Å²) >= 11 is 0. The van der Waals surface area contributed by atoms with E-state index in [-0.39, 0.29) is 17.4 Å². The van der Waals surface area contributed by atoms with E-state index in [2.05, 4.69) is 21.6 Å². The van der Waals surface area contributed by atoms with Gasteiger partial charge in [-0.3, -0.25) is 4.79 Å². The van der Waals surface area contributed by atoms with Crippen LogP contribution in [0.5, 0.6) is 0 Å². The third kappa shape index (κ3) is 3.12. The van der Waals surface area contributed by atoms with Crippen LogP contribution in [0, 0.1) is 0 Å². The summed E-state index contributed by atoms with van der Waals surface area (Å²) in [7, 11) is 1.65. The maximum Gasteiger partial charge on any atom is 0.222 e. The lowest BCUT2D eigenvalue weighted by molar-refractivity contribution is -0.134. The number of aryl methyl sites for hydroxylation is 1. The SMILES string of the molecule is CO[C@@H]1c2ccccc2C2(CCN(C(=O)CCCn3cnnn3)CC2)[C@H]1O. The Morgan fingerprint density at radius 3 is 2.81 bits per heavy atom. The molecule has 2 aromatic rings. The second-order valence-corrected chi connectivity index (χ2v) is 7.40. The molecule has 1 N–H and O–H groups in total. The third-order valence-electron chi connectivity index (χ3n) is 6.09. The summed E-state index contributed by atoms with van der Waals surface area (Å²) in [5.41, 5.74) is 1.93. The van der Waals surface area contributed by atoms with Gasteiger partial charge in [-0.1, -0.05) is 24.3 Å². The van der Waals surface area contributed by atoms with Crippen molar-refractivity contribution in [1.29, 1.82) is 0 Å². The highest BCUT2D eigenvalue weighted by atomic mass is 16.5. The summed E-state index contributed by atoms with van der Waals surface area (Å²) < 4.78 is 7.23. The van der Waals surface area contributed by atoms with Crippen molar-refractivity contribution < 1.29 is 14.6 Å². The highest BCUT2D eigenvalue weighted by Crippen LogP contribution is 2.51. The van der Waals surface area contributed by atoms with Crippen molar-refractivity contribution in [2.45, 2.75) is 49.9 Å². The number of aromatic nitrogens is 4. The number of aliphatic hydroxyl groups is 1. The van der Waals surface area contributed by atoms with Crippen LogP contribution < -0.4 is 0 Å². The van der Waals surface area contributed by atoms with Crippen LogP contribution in [0.25, 0.3) is 0 Å². The fraction of sp³-hybridized carbons (Fsp3) is 0.579. The van der Waals surface area contributed by atoms with Crippen molar-refractivity contribution in [1.82, 2.24) is 25.1 Å². The number of ether oxygens (including phenoxy) is 1. The number of carbonyl (C=O) groups excluding carboxylic acids is 1. The molecule has 1 aliphatic heterocycles. The van der Waals surface area contributed by atoms with Crippen molar-refractivity contribution >= 4 is 5.91 Å². The predicted molar refractivity (Wildman–Crippen MR) is 96.7 cm³/mol. The smallest absolute Gasteiger partial charge is 0.222 e. The Balaban J connectivity index is 1.39. The number of rotatable bonds is 5. The van der Waals surface area contributed by atoms with Gasteiger partial charge in [-0.2, -0.15) is 0 Å². The Morgan fingerprint density at radius 1 is 1.33 bits per heavy atom. The first-order valence-electron chi connectivity index (χ1n) is 9.44. The van der Waals surface area contributed by atoms with E-state index in [9.17, 15) is 9.90 Å². The van der Waals surface area contributed by atoms with E-state index in [0.29, 0.717) is 32.5 Å². The molecular weight excluding hydrogens is 346 g/mol. The number of carbonyl (C=O) groups is 1. The predicted octanol–water partition coefficient (Wildman–Crippen LogP) is 1.08. The van der Waals surface area contributed by atoms with E-state index < -0.39 is 6.10 Å². The van der Waals surface area contributed by atoms with Gasteiger partial charge in [-0.15, -0.1) is 5.10 Å². The van der Waals surface area contributed by atoms with Gasteiger partial charge in [-0.05, 0) is 40.8 Å². The van der Waals surface area contributed by atoms with E-state index in [1.54, 1.807) is 18.1 Å². The van der Waals surface area contributed by atoms with Gasteiger partial charge in [0.25, 0.3) is 0 Å². The molecule has 1 aromatic carbocycles. The number of hydrogen-bond acceptors (Lipinski definition) is 6. The van der Waals surface area contributed by atoms with E-state index >= 15 is 0 Å². The zero-order valence-corrected chi connectivity index (χ0v) is 15.5. The minimum Gasteiger partial charge on any atom is -0.389 e. The molecule has 0 unspecified atom stereocenters. The number of methoxy groups -OCH3 is 1. The number of fused-ring (bicyclic) bond motifs is 2. The minimum absolute atomic E-state index is 0.155. The van der Waals surface area contributed by atoms with Crippen molar-refractivity contribution in [3.05, 3.63) is 41.7 Å². The second-order valence-electron chi connectivity index (χ2n) is 7.40. The lowest BCUT2D eigenvalue weighted by Crippen LogP contribution is -2.49. The van der Waals surface area contributed by atoms with Crippen LogP contribution in [0.1, 0.15) is 42.9 Å². The maximum absolute atomic E-state index is 12.6. The minimum atomic E-state index is -0.572. The number of likely N-dealkylation sites (tertiary alicyclic amines) is 1. The number of amides is 1. The molecule has 144 valence electrons. The van der Waals surface area contributed by atoms with Crippen LogP contribution in [-0.2, 0) is 21.5 Å². The molecule has 0 saturated carbocycles. The molecule has 1 aromatic heterocycles. The van der Waals surface area contributed by atoms with Crippen molar-refractivity contribution in [2.75, 3.05) is 20.2 Å². The van der Waals surface area contributed by atoms with Gasteiger partial charge in [0.1, 0.15) is 12.4 Å². The van der Waals surface area contributed by atoms with Crippen LogP contribution in [0.4, 0.5) is 0 Å². The fourth-order valence-electron chi connectivity index (χ4n) is 4.63. The molecule has 1 aliphatic carbocycles. The Morgan fingerprint density at radius 2 is 2.11 bits per heavy atom. The lowest BCUT2D eigenvalue weighted by atomic mass is 9.72. The monoisotopic (exact) mass is 371 g/mol. The molecule has 8 heteroatoms. The number of benzene rings is 1. The molecule has 0 bridgehead atoms. The largest absolute Gasteiger partial charge is 0.389 e. The Labute approximate surface area is 158 Å². The first-order valence-corrected chi connectivity index (χ1v) is 9.44.